The number of halogens is 1. The van der Waals surface area contributed by atoms with Gasteiger partial charge in [-0.05, 0) is 38.1 Å². The van der Waals surface area contributed by atoms with E-state index >= 15 is 0 Å². The van der Waals surface area contributed by atoms with Crippen LogP contribution in [-0.4, -0.2) is 42.0 Å². The zero-order valence-electron chi connectivity index (χ0n) is 9.66. The third-order valence-electron chi connectivity index (χ3n) is 2.90. The van der Waals surface area contributed by atoms with Gasteiger partial charge >= 0.3 is 0 Å². The maximum atomic E-state index is 11.8. The zero-order valence-corrected chi connectivity index (χ0v) is 10.4. The lowest BCUT2D eigenvalue weighted by atomic mass is 10.2. The summed E-state index contributed by atoms with van der Waals surface area (Å²) in [7, 11) is 0. The number of amides is 1. The van der Waals surface area contributed by atoms with Gasteiger partial charge in [0.2, 0.25) is 0 Å². The van der Waals surface area contributed by atoms with Crippen molar-refractivity contribution >= 4 is 17.5 Å². The molecule has 0 spiro atoms. The molecular formula is C12H16ClN3O. The highest BCUT2D eigenvalue weighted by Crippen LogP contribution is 2.07. The third-order valence-corrected chi connectivity index (χ3v) is 3.11. The number of hydrogen-bond donors (Lipinski definition) is 1. The second-order valence-electron chi connectivity index (χ2n) is 4.17. The van der Waals surface area contributed by atoms with Gasteiger partial charge in [-0.15, -0.1) is 0 Å². The SMILES string of the molecule is O=C(NCCN1CCCC1)c1ccnc(Cl)c1. The van der Waals surface area contributed by atoms with E-state index in [9.17, 15) is 4.79 Å². The Bertz CT molecular complexity index is 391. The Morgan fingerprint density at radius 2 is 2.24 bits per heavy atom. The summed E-state index contributed by atoms with van der Waals surface area (Å²) in [6, 6.07) is 3.24. The number of nitrogens with one attached hydrogen (secondary N) is 1. The normalized spacial score (nSPS) is 16.1. The van der Waals surface area contributed by atoms with Gasteiger partial charge in [-0.3, -0.25) is 4.79 Å². The zero-order chi connectivity index (χ0) is 12.1. The fourth-order valence-electron chi connectivity index (χ4n) is 1.98. The lowest BCUT2D eigenvalue weighted by Gasteiger charge is -2.14. The highest BCUT2D eigenvalue weighted by molar-refractivity contribution is 6.29. The first-order valence-electron chi connectivity index (χ1n) is 5.88. The molecule has 1 aromatic heterocycles. The first kappa shape index (κ1) is 12.3. The van der Waals surface area contributed by atoms with Gasteiger partial charge in [-0.25, -0.2) is 4.98 Å². The number of likely N-dealkylation sites (tertiary alicyclic amines) is 1. The van der Waals surface area contributed by atoms with Crippen molar-refractivity contribution in [1.29, 1.82) is 0 Å². The molecule has 1 saturated heterocycles. The van der Waals surface area contributed by atoms with Crippen LogP contribution in [0, 0.1) is 0 Å². The van der Waals surface area contributed by atoms with Gasteiger partial charge in [0, 0.05) is 24.8 Å². The molecule has 0 unspecified atom stereocenters. The maximum absolute atomic E-state index is 11.8. The number of nitrogens with zero attached hydrogens (tertiary/aromatic N) is 2. The molecule has 4 nitrogen and oxygen atoms in total. The highest BCUT2D eigenvalue weighted by Gasteiger charge is 2.11. The summed E-state index contributed by atoms with van der Waals surface area (Å²) >= 11 is 5.73. The molecular weight excluding hydrogens is 238 g/mol. The lowest BCUT2D eigenvalue weighted by molar-refractivity contribution is 0.0949. The van der Waals surface area contributed by atoms with E-state index in [-0.39, 0.29) is 5.91 Å². The van der Waals surface area contributed by atoms with E-state index in [4.69, 9.17) is 11.6 Å². The van der Waals surface area contributed by atoms with Gasteiger partial charge in [-0.2, -0.15) is 0 Å². The predicted octanol–water partition coefficient (Wildman–Crippen LogP) is 1.56. The van der Waals surface area contributed by atoms with Gasteiger partial charge in [0.1, 0.15) is 5.15 Å². The van der Waals surface area contributed by atoms with Gasteiger partial charge in [0.25, 0.3) is 5.91 Å². The molecule has 0 saturated carbocycles. The summed E-state index contributed by atoms with van der Waals surface area (Å²) in [6.45, 7) is 3.90. The smallest absolute Gasteiger partial charge is 0.251 e. The average Bonchev–Trinajstić information content (AvgIpc) is 2.82. The number of hydrogen-bond acceptors (Lipinski definition) is 3. The standard InChI is InChI=1S/C12H16ClN3O/c13-11-9-10(3-4-14-11)12(17)15-5-8-16-6-1-2-7-16/h3-4,9H,1-2,5-8H2,(H,15,17). The highest BCUT2D eigenvalue weighted by atomic mass is 35.5. The van der Waals surface area contributed by atoms with Crippen molar-refractivity contribution in [3.63, 3.8) is 0 Å². The molecule has 0 bridgehead atoms. The molecule has 1 aromatic rings. The number of aromatic nitrogens is 1. The predicted molar refractivity (Wildman–Crippen MR) is 67.3 cm³/mol. The fraction of sp³-hybridized carbons (Fsp3) is 0.500. The second kappa shape index (κ2) is 5.98. The minimum Gasteiger partial charge on any atom is -0.351 e. The van der Waals surface area contributed by atoms with Crippen molar-refractivity contribution in [1.82, 2.24) is 15.2 Å². The Hall–Kier alpha value is -1.13. The quantitative estimate of drug-likeness (QED) is 0.829. The van der Waals surface area contributed by atoms with Crippen LogP contribution in [0.4, 0.5) is 0 Å². The van der Waals surface area contributed by atoms with Gasteiger partial charge in [-0.1, -0.05) is 11.6 Å². The van der Waals surface area contributed by atoms with Crippen LogP contribution in [0.5, 0.6) is 0 Å². The molecule has 0 aliphatic carbocycles. The summed E-state index contributed by atoms with van der Waals surface area (Å²) in [5.74, 6) is -0.0894. The van der Waals surface area contributed by atoms with E-state index < -0.39 is 0 Å². The molecule has 0 aromatic carbocycles. The summed E-state index contributed by atoms with van der Waals surface area (Å²) < 4.78 is 0. The van der Waals surface area contributed by atoms with Crippen LogP contribution in [-0.2, 0) is 0 Å². The molecule has 1 N–H and O–H groups in total. The first-order valence-corrected chi connectivity index (χ1v) is 6.25. The number of carbonyl (C=O) groups is 1. The minimum absolute atomic E-state index is 0.0894. The van der Waals surface area contributed by atoms with E-state index in [1.54, 1.807) is 12.1 Å². The van der Waals surface area contributed by atoms with E-state index in [1.165, 1.54) is 19.0 Å². The number of pyridine rings is 1. The number of rotatable bonds is 4. The Morgan fingerprint density at radius 3 is 2.94 bits per heavy atom. The first-order chi connectivity index (χ1) is 8.25. The molecule has 5 heteroatoms. The van der Waals surface area contributed by atoms with Crippen molar-refractivity contribution in [3.8, 4) is 0 Å². The van der Waals surface area contributed by atoms with Crippen LogP contribution < -0.4 is 5.32 Å². The van der Waals surface area contributed by atoms with Crippen molar-refractivity contribution in [2.75, 3.05) is 26.2 Å². The average molecular weight is 254 g/mol. The van der Waals surface area contributed by atoms with Crippen molar-refractivity contribution in [2.24, 2.45) is 0 Å². The van der Waals surface area contributed by atoms with Crippen LogP contribution in [0.25, 0.3) is 0 Å². The number of carbonyl (C=O) groups excluding carboxylic acids is 1. The molecule has 1 aliphatic heterocycles. The van der Waals surface area contributed by atoms with Crippen LogP contribution in [0.3, 0.4) is 0 Å². The topological polar surface area (TPSA) is 45.2 Å². The molecule has 2 heterocycles. The minimum atomic E-state index is -0.0894. The van der Waals surface area contributed by atoms with E-state index in [0.717, 1.165) is 19.6 Å². The van der Waals surface area contributed by atoms with Crippen molar-refractivity contribution in [3.05, 3.63) is 29.0 Å². The fourth-order valence-corrected chi connectivity index (χ4v) is 2.15. The Balaban J connectivity index is 1.77. The molecule has 1 amide bonds. The van der Waals surface area contributed by atoms with E-state index in [2.05, 4.69) is 15.2 Å². The van der Waals surface area contributed by atoms with Crippen LogP contribution >= 0.6 is 11.6 Å². The Kier molecular flexibility index (Phi) is 4.34. The lowest BCUT2D eigenvalue weighted by Crippen LogP contribution is -2.33. The molecule has 1 aliphatic rings. The molecule has 0 radical (unpaired) electrons. The van der Waals surface area contributed by atoms with Crippen LogP contribution in [0.15, 0.2) is 18.3 Å². The Morgan fingerprint density at radius 1 is 1.47 bits per heavy atom. The monoisotopic (exact) mass is 253 g/mol. The maximum Gasteiger partial charge on any atom is 0.251 e. The molecule has 1 fully saturated rings. The molecule has 2 rings (SSSR count). The van der Waals surface area contributed by atoms with Crippen molar-refractivity contribution in [2.45, 2.75) is 12.8 Å². The van der Waals surface area contributed by atoms with Gasteiger partial charge in [0.15, 0.2) is 0 Å². The summed E-state index contributed by atoms with van der Waals surface area (Å²) in [5.41, 5.74) is 0.562. The molecule has 92 valence electrons. The second-order valence-corrected chi connectivity index (χ2v) is 4.56. The van der Waals surface area contributed by atoms with E-state index in [0.29, 0.717) is 17.3 Å². The summed E-state index contributed by atoms with van der Waals surface area (Å²) in [6.07, 6.45) is 4.08. The van der Waals surface area contributed by atoms with Gasteiger partial charge < -0.3 is 10.2 Å². The van der Waals surface area contributed by atoms with Crippen LogP contribution in [0.1, 0.15) is 23.2 Å². The van der Waals surface area contributed by atoms with E-state index in [1.807, 2.05) is 0 Å². The Labute approximate surface area is 106 Å². The molecule has 17 heavy (non-hydrogen) atoms. The third kappa shape index (κ3) is 3.68. The largest absolute Gasteiger partial charge is 0.351 e. The van der Waals surface area contributed by atoms with Gasteiger partial charge in [0.05, 0.1) is 0 Å². The summed E-state index contributed by atoms with van der Waals surface area (Å²) in [4.78, 5) is 18.0. The summed E-state index contributed by atoms with van der Waals surface area (Å²) in [5, 5.41) is 3.23. The van der Waals surface area contributed by atoms with Crippen LogP contribution in [0.2, 0.25) is 5.15 Å². The molecule has 0 atom stereocenters. The van der Waals surface area contributed by atoms with Crippen molar-refractivity contribution < 1.29 is 4.79 Å².